The molecule has 24 heavy (non-hydrogen) atoms. The Morgan fingerprint density at radius 1 is 1.38 bits per heavy atom. The molecule has 2 aliphatic rings. The van der Waals surface area contributed by atoms with Gasteiger partial charge in [0.05, 0.1) is 17.9 Å². The number of nitrogens with zero attached hydrogens (tertiary/aromatic N) is 2. The highest BCUT2D eigenvalue weighted by Crippen LogP contribution is 2.33. The molecule has 0 bridgehead atoms. The van der Waals surface area contributed by atoms with E-state index in [-0.39, 0.29) is 36.0 Å². The third-order valence-corrected chi connectivity index (χ3v) is 4.09. The smallest absolute Gasteiger partial charge is 0.302 e. The summed E-state index contributed by atoms with van der Waals surface area (Å²) in [7, 11) is 1.68. The number of esters is 1. The fourth-order valence-electron chi connectivity index (χ4n) is 2.90. The predicted molar refractivity (Wildman–Crippen MR) is 85.3 cm³/mol. The Morgan fingerprint density at radius 3 is 2.67 bits per heavy atom. The molecule has 0 atom stereocenters. The van der Waals surface area contributed by atoms with Gasteiger partial charge in [0.2, 0.25) is 11.6 Å². The van der Waals surface area contributed by atoms with Crippen molar-refractivity contribution in [3.8, 4) is 0 Å². The molecule has 1 fully saturated rings. The zero-order valence-electron chi connectivity index (χ0n) is 13.5. The Labute approximate surface area is 138 Å². The van der Waals surface area contributed by atoms with E-state index in [1.165, 1.54) is 19.1 Å². The summed E-state index contributed by atoms with van der Waals surface area (Å²) in [6, 6.07) is 0. The van der Waals surface area contributed by atoms with Crippen LogP contribution < -0.4 is 0 Å². The number of hydrogen-bond acceptors (Lipinski definition) is 6. The largest absolute Gasteiger partial charge is 0.461 e. The SMILES string of the molecule is CC(=O)OCc1c2c(n(C)c1/C=C/CO)C(=O)C=C(N1CC1)C2=O. The number of aliphatic hydroxyl groups excluding tert-OH is 1. The van der Waals surface area contributed by atoms with Crippen LogP contribution in [0.15, 0.2) is 17.8 Å². The summed E-state index contributed by atoms with van der Waals surface area (Å²) in [4.78, 5) is 38.4. The Morgan fingerprint density at radius 2 is 2.08 bits per heavy atom. The van der Waals surface area contributed by atoms with Crippen molar-refractivity contribution in [2.24, 2.45) is 7.05 Å². The molecule has 3 rings (SSSR count). The first-order chi connectivity index (χ1) is 11.5. The second kappa shape index (κ2) is 6.09. The van der Waals surface area contributed by atoms with Crippen molar-refractivity contribution in [2.45, 2.75) is 13.5 Å². The lowest BCUT2D eigenvalue weighted by molar-refractivity contribution is -0.142. The van der Waals surface area contributed by atoms with Gasteiger partial charge < -0.3 is 19.3 Å². The van der Waals surface area contributed by atoms with Crippen molar-refractivity contribution in [1.29, 1.82) is 0 Å². The van der Waals surface area contributed by atoms with Gasteiger partial charge in [-0.1, -0.05) is 6.08 Å². The summed E-state index contributed by atoms with van der Waals surface area (Å²) in [5.74, 6) is -0.953. The highest BCUT2D eigenvalue weighted by molar-refractivity contribution is 6.25. The van der Waals surface area contributed by atoms with Crippen molar-refractivity contribution in [3.05, 3.63) is 40.4 Å². The highest BCUT2D eigenvalue weighted by atomic mass is 16.5. The molecule has 1 aliphatic carbocycles. The van der Waals surface area contributed by atoms with Crippen LogP contribution in [0.3, 0.4) is 0 Å². The zero-order valence-corrected chi connectivity index (χ0v) is 13.5. The standard InChI is InChI=1S/C17H18N2O5/c1-10(21)24-9-11-12(4-3-7-20)18(2)16-14(22)8-13(19-5-6-19)17(23)15(11)16/h3-4,8,20H,5-7,9H2,1-2H3/b4-3+. The number of ketones is 2. The molecule has 0 radical (unpaired) electrons. The maximum Gasteiger partial charge on any atom is 0.302 e. The number of carbonyl (C=O) groups excluding carboxylic acids is 3. The normalized spacial score (nSPS) is 16.5. The quantitative estimate of drug-likeness (QED) is 0.631. The molecule has 0 aromatic carbocycles. The number of rotatable bonds is 5. The second-order valence-electron chi connectivity index (χ2n) is 5.72. The van der Waals surface area contributed by atoms with Crippen LogP contribution in [0.25, 0.3) is 6.08 Å². The Balaban J connectivity index is 2.14. The Kier molecular flexibility index (Phi) is 4.11. The van der Waals surface area contributed by atoms with Gasteiger partial charge >= 0.3 is 5.97 Å². The van der Waals surface area contributed by atoms with E-state index < -0.39 is 5.97 Å². The van der Waals surface area contributed by atoms with Gasteiger partial charge in [0.15, 0.2) is 0 Å². The van der Waals surface area contributed by atoms with Crippen LogP contribution in [0.4, 0.5) is 0 Å². The molecular weight excluding hydrogens is 312 g/mol. The van der Waals surface area contributed by atoms with Crippen LogP contribution in [-0.2, 0) is 23.2 Å². The van der Waals surface area contributed by atoms with E-state index in [4.69, 9.17) is 9.84 Å². The fraction of sp³-hybridized carbons (Fsp3) is 0.353. The van der Waals surface area contributed by atoms with Crippen molar-refractivity contribution >= 4 is 23.6 Å². The van der Waals surface area contributed by atoms with Gasteiger partial charge in [-0.15, -0.1) is 0 Å². The van der Waals surface area contributed by atoms with Gasteiger partial charge in [-0.3, -0.25) is 14.4 Å². The summed E-state index contributed by atoms with van der Waals surface area (Å²) < 4.78 is 6.68. The molecule has 0 saturated carbocycles. The zero-order chi connectivity index (χ0) is 17.4. The molecule has 0 unspecified atom stereocenters. The molecule has 1 aromatic rings. The Bertz CT molecular complexity index is 796. The third-order valence-electron chi connectivity index (χ3n) is 4.09. The lowest BCUT2D eigenvalue weighted by Gasteiger charge is -2.15. The molecule has 1 N–H and O–H groups in total. The van der Waals surface area contributed by atoms with Gasteiger partial charge in [0.1, 0.15) is 12.3 Å². The minimum Gasteiger partial charge on any atom is -0.461 e. The lowest BCUT2D eigenvalue weighted by Crippen LogP contribution is -2.23. The number of carbonyl (C=O) groups is 3. The fourth-order valence-corrected chi connectivity index (χ4v) is 2.90. The first-order valence-corrected chi connectivity index (χ1v) is 7.63. The van der Waals surface area contributed by atoms with Crippen LogP contribution in [0.2, 0.25) is 0 Å². The van der Waals surface area contributed by atoms with Crippen molar-refractivity contribution < 1.29 is 24.2 Å². The molecule has 1 saturated heterocycles. The van der Waals surface area contributed by atoms with Gasteiger partial charge in [-0.05, 0) is 6.08 Å². The maximum absolute atomic E-state index is 12.9. The van der Waals surface area contributed by atoms with Crippen LogP contribution in [0.5, 0.6) is 0 Å². The molecule has 7 nitrogen and oxygen atoms in total. The van der Waals surface area contributed by atoms with Gasteiger partial charge in [0.25, 0.3) is 0 Å². The summed E-state index contributed by atoms with van der Waals surface area (Å²) in [6.07, 6.45) is 4.49. The summed E-state index contributed by atoms with van der Waals surface area (Å²) in [5, 5.41) is 9.03. The summed E-state index contributed by atoms with van der Waals surface area (Å²) in [6.45, 7) is 2.51. The molecule has 1 aromatic heterocycles. The van der Waals surface area contributed by atoms with Crippen LogP contribution in [0, 0.1) is 0 Å². The molecule has 1 aliphatic heterocycles. The molecule has 2 heterocycles. The number of hydrogen-bond donors (Lipinski definition) is 1. The third kappa shape index (κ3) is 2.67. The van der Waals surface area contributed by atoms with Crippen molar-refractivity contribution in [3.63, 3.8) is 0 Å². The number of aliphatic hydroxyl groups is 1. The summed E-state index contributed by atoms with van der Waals surface area (Å²) >= 11 is 0. The first-order valence-electron chi connectivity index (χ1n) is 7.63. The van der Waals surface area contributed by atoms with Gasteiger partial charge in [0, 0.05) is 44.4 Å². The average molecular weight is 330 g/mol. The monoisotopic (exact) mass is 330 g/mol. The van der Waals surface area contributed by atoms with E-state index in [0.717, 1.165) is 13.1 Å². The van der Waals surface area contributed by atoms with Crippen LogP contribution in [-0.4, -0.2) is 51.8 Å². The van der Waals surface area contributed by atoms with Crippen LogP contribution in [0.1, 0.15) is 39.0 Å². The minimum atomic E-state index is -0.471. The van der Waals surface area contributed by atoms with Crippen molar-refractivity contribution in [1.82, 2.24) is 9.47 Å². The number of aromatic nitrogens is 1. The highest BCUT2D eigenvalue weighted by Gasteiger charge is 2.38. The number of fused-ring (bicyclic) bond motifs is 1. The topological polar surface area (TPSA) is 88.6 Å². The van der Waals surface area contributed by atoms with Gasteiger partial charge in [-0.25, -0.2) is 0 Å². The Hall–Kier alpha value is -2.67. The van der Waals surface area contributed by atoms with E-state index in [2.05, 4.69) is 0 Å². The number of allylic oxidation sites excluding steroid dienone is 2. The summed E-state index contributed by atoms with van der Waals surface area (Å²) in [5.41, 5.74) is 2.01. The average Bonchev–Trinajstić information content (AvgIpc) is 3.32. The molecule has 7 heteroatoms. The molecular formula is C17H18N2O5. The van der Waals surface area contributed by atoms with E-state index in [0.29, 0.717) is 17.0 Å². The predicted octanol–water partition coefficient (Wildman–Crippen LogP) is 0.672. The number of Topliss-reactive ketones (excluding diaryl/α,β-unsaturated/α-hetero) is 1. The first kappa shape index (κ1) is 16.2. The molecule has 0 spiro atoms. The lowest BCUT2D eigenvalue weighted by atomic mass is 9.95. The van der Waals surface area contributed by atoms with E-state index >= 15 is 0 Å². The van der Waals surface area contributed by atoms with E-state index in [9.17, 15) is 14.4 Å². The second-order valence-corrected chi connectivity index (χ2v) is 5.72. The van der Waals surface area contributed by atoms with Gasteiger partial charge in [-0.2, -0.15) is 0 Å². The molecule has 0 amide bonds. The van der Waals surface area contributed by atoms with E-state index in [1.807, 2.05) is 4.90 Å². The minimum absolute atomic E-state index is 0.101. The van der Waals surface area contributed by atoms with E-state index in [1.54, 1.807) is 17.7 Å². The van der Waals surface area contributed by atoms with Crippen LogP contribution >= 0.6 is 0 Å². The van der Waals surface area contributed by atoms with Crippen molar-refractivity contribution in [2.75, 3.05) is 19.7 Å². The maximum atomic E-state index is 12.9. The number of ether oxygens (including phenoxy) is 1. The molecule has 126 valence electrons.